The van der Waals surface area contributed by atoms with Gasteiger partial charge in [-0.15, -0.1) is 0 Å². The van der Waals surface area contributed by atoms with Crippen LogP contribution in [0.4, 0.5) is 0 Å². The van der Waals surface area contributed by atoms with Gasteiger partial charge in [-0.05, 0) is 29.6 Å². The molecule has 1 unspecified atom stereocenters. The van der Waals surface area contributed by atoms with Crippen molar-refractivity contribution in [1.29, 1.82) is 0 Å². The quantitative estimate of drug-likeness (QED) is 0.794. The number of benzene rings is 2. The van der Waals surface area contributed by atoms with E-state index in [0.717, 1.165) is 20.1 Å². The Hall–Kier alpha value is -1.21. The lowest BCUT2D eigenvalue weighted by Gasteiger charge is -2.03. The van der Waals surface area contributed by atoms with Crippen molar-refractivity contribution < 1.29 is 13.3 Å². The van der Waals surface area contributed by atoms with Crippen molar-refractivity contribution in [3.63, 3.8) is 0 Å². The van der Waals surface area contributed by atoms with E-state index in [1.807, 2.05) is 31.2 Å². The van der Waals surface area contributed by atoms with Gasteiger partial charge in [0.25, 0.3) is 10.0 Å². The molecule has 0 aliphatic carbocycles. The second kappa shape index (κ2) is 4.96. The smallest absolute Gasteiger partial charge is 0.253 e. The molecule has 0 bridgehead atoms. The number of hydrogen-bond donors (Lipinski definition) is 0. The average Bonchev–Trinajstić information content (AvgIpc) is 3.20. The van der Waals surface area contributed by atoms with E-state index in [9.17, 15) is 8.42 Å². The minimum absolute atomic E-state index is 0.234. The Balaban J connectivity index is 1.89. The fourth-order valence-corrected chi connectivity index (χ4v) is 3.64. The van der Waals surface area contributed by atoms with E-state index in [2.05, 4.69) is 15.9 Å². The molecule has 3 rings (SSSR count). The van der Waals surface area contributed by atoms with Crippen LogP contribution < -0.4 is 0 Å². The van der Waals surface area contributed by atoms with Crippen molar-refractivity contribution in [1.82, 2.24) is 4.47 Å². The Morgan fingerprint density at radius 2 is 1.75 bits per heavy atom. The van der Waals surface area contributed by atoms with Crippen molar-refractivity contribution in [2.45, 2.75) is 18.0 Å². The summed E-state index contributed by atoms with van der Waals surface area (Å²) in [7, 11) is -3.61. The number of sulfonamides is 1. The van der Waals surface area contributed by atoms with Gasteiger partial charge in [0.1, 0.15) is 0 Å². The highest BCUT2D eigenvalue weighted by Crippen LogP contribution is 2.44. The molecule has 0 amide bonds. The van der Waals surface area contributed by atoms with Crippen LogP contribution in [0.1, 0.15) is 17.4 Å². The van der Waals surface area contributed by atoms with E-state index in [1.54, 1.807) is 24.3 Å². The predicted molar refractivity (Wildman–Crippen MR) is 78.2 cm³/mol. The summed E-state index contributed by atoms with van der Waals surface area (Å²) in [6.45, 7) is 1.91. The second-order valence-corrected chi connectivity index (χ2v) is 7.19. The lowest BCUT2D eigenvalue weighted by atomic mass is 10.2. The molecule has 1 aliphatic heterocycles. The van der Waals surface area contributed by atoms with Gasteiger partial charge in [-0.1, -0.05) is 51.8 Å². The molecule has 4 nitrogen and oxygen atoms in total. The molecule has 0 aromatic heterocycles. The summed E-state index contributed by atoms with van der Waals surface area (Å²) in [5, 5.41) is 0. The summed E-state index contributed by atoms with van der Waals surface area (Å²) >= 11 is 3.40. The number of hydrogen-bond acceptors (Lipinski definition) is 3. The zero-order chi connectivity index (χ0) is 14.3. The molecule has 1 aliphatic rings. The highest BCUT2D eigenvalue weighted by atomic mass is 79.9. The molecule has 2 aromatic rings. The van der Waals surface area contributed by atoms with Gasteiger partial charge in [-0.2, -0.15) is 0 Å². The minimum Gasteiger partial charge on any atom is -0.253 e. The SMILES string of the molecule is Cc1ccc(S(=O)(=O)N2O[C@@H]2c2ccccc2Br)cc1. The molecule has 2 aromatic carbocycles. The first-order valence-electron chi connectivity index (χ1n) is 6.02. The summed E-state index contributed by atoms with van der Waals surface area (Å²) < 4.78 is 26.6. The molecule has 0 saturated carbocycles. The van der Waals surface area contributed by atoms with Crippen LogP contribution in [0.2, 0.25) is 0 Å². The van der Waals surface area contributed by atoms with E-state index >= 15 is 0 Å². The van der Waals surface area contributed by atoms with Gasteiger partial charge in [0.2, 0.25) is 0 Å². The van der Waals surface area contributed by atoms with Crippen LogP contribution in [0, 0.1) is 6.92 Å². The maximum atomic E-state index is 12.4. The lowest BCUT2D eigenvalue weighted by Crippen LogP contribution is -2.12. The summed E-state index contributed by atoms with van der Waals surface area (Å²) in [6.07, 6.45) is -0.558. The number of aryl methyl sites for hydroxylation is 1. The summed E-state index contributed by atoms with van der Waals surface area (Å²) in [5.74, 6) is 0. The third-order valence-electron chi connectivity index (χ3n) is 3.08. The third kappa shape index (κ3) is 2.40. The van der Waals surface area contributed by atoms with Gasteiger partial charge in [0.05, 0.1) is 4.90 Å². The fourth-order valence-electron chi connectivity index (χ4n) is 1.91. The van der Waals surface area contributed by atoms with Crippen molar-refractivity contribution in [3.8, 4) is 0 Å². The molecule has 0 N–H and O–H groups in total. The van der Waals surface area contributed by atoms with E-state index in [4.69, 9.17) is 4.84 Å². The van der Waals surface area contributed by atoms with Gasteiger partial charge in [0, 0.05) is 10.0 Å². The first kappa shape index (κ1) is 13.8. The molecular formula is C14H12BrNO3S. The van der Waals surface area contributed by atoms with Crippen molar-refractivity contribution in [2.75, 3.05) is 0 Å². The molecule has 1 heterocycles. The van der Waals surface area contributed by atoms with Gasteiger partial charge < -0.3 is 0 Å². The highest BCUT2D eigenvalue weighted by molar-refractivity contribution is 9.10. The van der Waals surface area contributed by atoms with Gasteiger partial charge in [0.15, 0.2) is 6.23 Å². The van der Waals surface area contributed by atoms with E-state index in [0.29, 0.717) is 0 Å². The maximum Gasteiger partial charge on any atom is 0.267 e. The lowest BCUT2D eigenvalue weighted by molar-refractivity contribution is 0.283. The van der Waals surface area contributed by atoms with Crippen LogP contribution >= 0.6 is 15.9 Å². The molecule has 6 heteroatoms. The van der Waals surface area contributed by atoms with Crippen molar-refractivity contribution in [2.24, 2.45) is 0 Å². The van der Waals surface area contributed by atoms with Gasteiger partial charge in [-0.25, -0.2) is 8.42 Å². The fraction of sp³-hybridized carbons (Fsp3) is 0.143. The maximum absolute atomic E-state index is 12.4. The molecule has 104 valence electrons. The van der Waals surface area contributed by atoms with Crippen LogP contribution in [0.15, 0.2) is 57.9 Å². The van der Waals surface area contributed by atoms with Gasteiger partial charge in [-0.3, -0.25) is 4.84 Å². The predicted octanol–water partition coefficient (Wildman–Crippen LogP) is 3.39. The monoisotopic (exact) mass is 353 g/mol. The van der Waals surface area contributed by atoms with Crippen molar-refractivity contribution >= 4 is 26.0 Å². The van der Waals surface area contributed by atoms with Gasteiger partial charge >= 0.3 is 0 Å². The largest absolute Gasteiger partial charge is 0.267 e. The van der Waals surface area contributed by atoms with E-state index in [-0.39, 0.29) is 4.90 Å². The van der Waals surface area contributed by atoms with Crippen LogP contribution in [-0.4, -0.2) is 12.9 Å². The Bertz CT molecular complexity index is 743. The van der Waals surface area contributed by atoms with Crippen LogP contribution in [0.3, 0.4) is 0 Å². The zero-order valence-electron chi connectivity index (χ0n) is 10.7. The number of halogens is 1. The Morgan fingerprint density at radius 3 is 2.40 bits per heavy atom. The Morgan fingerprint density at radius 1 is 1.10 bits per heavy atom. The van der Waals surface area contributed by atoms with E-state index < -0.39 is 16.3 Å². The first-order valence-corrected chi connectivity index (χ1v) is 8.26. The molecule has 1 fully saturated rings. The Labute approximate surface area is 126 Å². The van der Waals surface area contributed by atoms with Crippen LogP contribution in [-0.2, 0) is 14.9 Å². The first-order chi connectivity index (χ1) is 9.50. The second-order valence-electron chi connectivity index (χ2n) is 4.55. The molecule has 1 saturated heterocycles. The molecule has 0 radical (unpaired) electrons. The van der Waals surface area contributed by atoms with Crippen molar-refractivity contribution in [3.05, 3.63) is 64.1 Å². The molecular weight excluding hydrogens is 342 g/mol. The highest BCUT2D eigenvalue weighted by Gasteiger charge is 2.49. The van der Waals surface area contributed by atoms with E-state index in [1.165, 1.54) is 0 Å². The molecule has 2 atom stereocenters. The Kier molecular flexibility index (Phi) is 3.41. The third-order valence-corrected chi connectivity index (χ3v) is 5.42. The molecule has 20 heavy (non-hydrogen) atoms. The zero-order valence-corrected chi connectivity index (χ0v) is 13.1. The standard InChI is InChI=1S/C14H12BrNO3S/c1-10-6-8-11(9-7-10)20(17,18)16-14(19-16)12-4-2-3-5-13(12)15/h2-9,14H,1H3/t14-,16?/m1/s1. The summed E-state index contributed by atoms with van der Waals surface area (Å²) in [5.41, 5.74) is 1.81. The number of rotatable bonds is 3. The number of hydroxylamine groups is 1. The van der Waals surface area contributed by atoms with Crippen LogP contribution in [0.5, 0.6) is 0 Å². The van der Waals surface area contributed by atoms with Crippen LogP contribution in [0.25, 0.3) is 0 Å². The summed E-state index contributed by atoms with van der Waals surface area (Å²) in [4.78, 5) is 5.48. The number of nitrogens with zero attached hydrogens (tertiary/aromatic N) is 1. The minimum atomic E-state index is -3.61. The normalized spacial score (nSPS) is 21.7. The molecule has 0 spiro atoms. The average molecular weight is 354 g/mol. The summed E-state index contributed by atoms with van der Waals surface area (Å²) in [6, 6.07) is 14.1. The topological polar surface area (TPSA) is 49.7 Å².